The van der Waals surface area contributed by atoms with Crippen LogP contribution in [0.1, 0.15) is 27.2 Å². The number of rotatable bonds is 4. The van der Waals surface area contributed by atoms with E-state index in [1.54, 1.807) is 24.0 Å². The van der Waals surface area contributed by atoms with Gasteiger partial charge >= 0.3 is 12.0 Å². The average Bonchev–Trinajstić information content (AvgIpc) is 2.60. The van der Waals surface area contributed by atoms with E-state index in [1.165, 1.54) is 0 Å². The molecule has 0 aliphatic rings. The van der Waals surface area contributed by atoms with Crippen LogP contribution < -0.4 is 10.6 Å². The smallest absolute Gasteiger partial charge is 0.320 e. The summed E-state index contributed by atoms with van der Waals surface area (Å²) in [6.45, 7) is 5.63. The van der Waals surface area contributed by atoms with Gasteiger partial charge < -0.3 is 10.4 Å². The Morgan fingerprint density at radius 1 is 1.47 bits per heavy atom. The van der Waals surface area contributed by atoms with Crippen molar-refractivity contribution in [1.82, 2.24) is 15.1 Å². The lowest BCUT2D eigenvalue weighted by molar-refractivity contribution is -0.138. The number of nitrogens with zero attached hydrogens (tertiary/aromatic N) is 2. The molecule has 2 amide bonds. The summed E-state index contributed by atoms with van der Waals surface area (Å²) in [6.07, 6.45) is 1.58. The molecular weight excluding hydrogens is 248 g/mol. The number of anilines is 1. The van der Waals surface area contributed by atoms with Gasteiger partial charge in [-0.05, 0) is 5.41 Å². The van der Waals surface area contributed by atoms with Gasteiger partial charge in [0, 0.05) is 25.4 Å². The minimum absolute atomic E-state index is 0.126. The highest BCUT2D eigenvalue weighted by atomic mass is 16.4. The first-order valence-corrected chi connectivity index (χ1v) is 5.97. The summed E-state index contributed by atoms with van der Waals surface area (Å²) in [4.78, 5) is 22.6. The SMILES string of the molecule is Cn1ccc(NC(=O)NC(CC(=O)O)C(C)(C)C)n1. The van der Waals surface area contributed by atoms with Gasteiger partial charge in [0.25, 0.3) is 0 Å². The average molecular weight is 268 g/mol. The normalized spacial score (nSPS) is 12.8. The van der Waals surface area contributed by atoms with Crippen LogP contribution in [0.4, 0.5) is 10.6 Å². The number of carbonyl (C=O) groups excluding carboxylic acids is 1. The summed E-state index contributed by atoms with van der Waals surface area (Å²) >= 11 is 0. The van der Waals surface area contributed by atoms with Crippen molar-refractivity contribution in [3.05, 3.63) is 12.3 Å². The number of carboxylic acid groups (broad SMARTS) is 1. The molecule has 1 rings (SSSR count). The number of hydrogen-bond donors (Lipinski definition) is 3. The Hall–Kier alpha value is -2.05. The van der Waals surface area contributed by atoms with Gasteiger partial charge in [-0.15, -0.1) is 0 Å². The summed E-state index contributed by atoms with van der Waals surface area (Å²) in [7, 11) is 1.74. The summed E-state index contributed by atoms with van der Waals surface area (Å²) in [5.41, 5.74) is -0.347. The lowest BCUT2D eigenvalue weighted by Gasteiger charge is -2.30. The van der Waals surface area contributed by atoms with Crippen LogP contribution >= 0.6 is 0 Å². The largest absolute Gasteiger partial charge is 0.481 e. The van der Waals surface area contributed by atoms with E-state index >= 15 is 0 Å². The third-order valence-corrected chi connectivity index (χ3v) is 2.68. The third-order valence-electron chi connectivity index (χ3n) is 2.68. The van der Waals surface area contributed by atoms with Crippen LogP contribution in [0.2, 0.25) is 0 Å². The van der Waals surface area contributed by atoms with E-state index in [9.17, 15) is 9.59 Å². The summed E-state index contributed by atoms with van der Waals surface area (Å²) < 4.78 is 1.56. The number of hydrogen-bond acceptors (Lipinski definition) is 3. The number of amides is 2. The van der Waals surface area contributed by atoms with E-state index in [2.05, 4.69) is 15.7 Å². The van der Waals surface area contributed by atoms with Crippen molar-refractivity contribution in [2.24, 2.45) is 12.5 Å². The van der Waals surface area contributed by atoms with Gasteiger partial charge in [0.15, 0.2) is 5.82 Å². The second kappa shape index (κ2) is 5.73. The van der Waals surface area contributed by atoms with Crippen LogP contribution in [0.3, 0.4) is 0 Å². The second-order valence-electron chi connectivity index (χ2n) is 5.49. The van der Waals surface area contributed by atoms with Gasteiger partial charge in [-0.1, -0.05) is 20.8 Å². The number of nitrogens with one attached hydrogen (secondary N) is 2. The topological polar surface area (TPSA) is 96.2 Å². The van der Waals surface area contributed by atoms with Crippen molar-refractivity contribution in [2.75, 3.05) is 5.32 Å². The zero-order valence-corrected chi connectivity index (χ0v) is 11.6. The maximum Gasteiger partial charge on any atom is 0.320 e. The molecule has 0 fully saturated rings. The Morgan fingerprint density at radius 2 is 2.11 bits per heavy atom. The quantitative estimate of drug-likeness (QED) is 0.769. The molecule has 19 heavy (non-hydrogen) atoms. The predicted molar refractivity (Wildman–Crippen MR) is 70.9 cm³/mol. The van der Waals surface area contributed by atoms with E-state index in [0.717, 1.165) is 0 Å². The van der Waals surface area contributed by atoms with Gasteiger partial charge in [0.2, 0.25) is 0 Å². The molecule has 0 saturated heterocycles. The van der Waals surface area contributed by atoms with Crippen LogP contribution in [0.5, 0.6) is 0 Å². The third kappa shape index (κ3) is 4.99. The first-order valence-electron chi connectivity index (χ1n) is 5.97. The van der Waals surface area contributed by atoms with Crippen LogP contribution in [-0.4, -0.2) is 32.9 Å². The monoisotopic (exact) mass is 268 g/mol. The first-order chi connectivity index (χ1) is 8.68. The van der Waals surface area contributed by atoms with Crippen molar-refractivity contribution in [1.29, 1.82) is 0 Å². The molecule has 7 nitrogen and oxygen atoms in total. The summed E-state index contributed by atoms with van der Waals surface area (Å²) in [5, 5.41) is 18.1. The number of aliphatic carboxylic acids is 1. The van der Waals surface area contributed by atoms with Crippen LogP contribution in [0, 0.1) is 5.41 Å². The van der Waals surface area contributed by atoms with Crippen LogP contribution in [0.25, 0.3) is 0 Å². The molecule has 1 atom stereocenters. The van der Waals surface area contributed by atoms with E-state index in [0.29, 0.717) is 5.82 Å². The highest BCUT2D eigenvalue weighted by Crippen LogP contribution is 2.21. The number of aryl methyl sites for hydroxylation is 1. The lowest BCUT2D eigenvalue weighted by atomic mass is 9.85. The van der Waals surface area contributed by atoms with Crippen molar-refractivity contribution in [3.8, 4) is 0 Å². The zero-order chi connectivity index (χ0) is 14.6. The van der Waals surface area contributed by atoms with E-state index < -0.39 is 18.0 Å². The zero-order valence-electron chi connectivity index (χ0n) is 11.6. The van der Waals surface area contributed by atoms with E-state index in [-0.39, 0.29) is 11.8 Å². The first kappa shape index (κ1) is 15.0. The highest BCUT2D eigenvalue weighted by molar-refractivity contribution is 5.88. The van der Waals surface area contributed by atoms with Gasteiger partial charge in [0.1, 0.15) is 0 Å². The van der Waals surface area contributed by atoms with Gasteiger partial charge in [-0.25, -0.2) is 4.79 Å². The Labute approximate surface area is 112 Å². The molecule has 7 heteroatoms. The molecular formula is C12H20N4O3. The van der Waals surface area contributed by atoms with Gasteiger partial charge in [0.05, 0.1) is 6.42 Å². The Bertz CT molecular complexity index is 462. The fourth-order valence-corrected chi connectivity index (χ4v) is 1.54. The maximum atomic E-state index is 11.8. The summed E-state index contributed by atoms with van der Waals surface area (Å²) in [6, 6.07) is 0.733. The fourth-order valence-electron chi connectivity index (χ4n) is 1.54. The van der Waals surface area contributed by atoms with Crippen molar-refractivity contribution in [2.45, 2.75) is 33.2 Å². The van der Waals surface area contributed by atoms with Crippen LogP contribution in [-0.2, 0) is 11.8 Å². The van der Waals surface area contributed by atoms with E-state index in [1.807, 2.05) is 20.8 Å². The Morgan fingerprint density at radius 3 is 2.53 bits per heavy atom. The molecule has 0 aromatic carbocycles. The second-order valence-corrected chi connectivity index (χ2v) is 5.49. The summed E-state index contributed by atoms with van der Waals surface area (Å²) in [5.74, 6) is -0.527. The van der Waals surface area contributed by atoms with Gasteiger partial charge in [-0.3, -0.25) is 14.8 Å². The molecule has 0 saturated carbocycles. The molecule has 3 N–H and O–H groups in total. The molecule has 1 unspecified atom stereocenters. The molecule has 0 aliphatic carbocycles. The molecule has 0 aliphatic heterocycles. The Kier molecular flexibility index (Phi) is 4.52. The molecule has 1 heterocycles. The minimum Gasteiger partial charge on any atom is -0.481 e. The Balaban J connectivity index is 2.63. The molecule has 0 radical (unpaired) electrons. The maximum absolute atomic E-state index is 11.8. The fraction of sp³-hybridized carbons (Fsp3) is 0.583. The predicted octanol–water partition coefficient (Wildman–Crippen LogP) is 1.43. The standard InChI is InChI=1S/C12H20N4O3/c1-12(2,3)8(7-10(17)18)13-11(19)14-9-5-6-16(4)15-9/h5-6,8H,7H2,1-4H3,(H,17,18)(H2,13,14,15,19). The van der Waals surface area contributed by atoms with Crippen molar-refractivity contribution >= 4 is 17.8 Å². The van der Waals surface area contributed by atoms with Crippen LogP contribution in [0.15, 0.2) is 12.3 Å². The van der Waals surface area contributed by atoms with E-state index in [4.69, 9.17) is 5.11 Å². The lowest BCUT2D eigenvalue weighted by Crippen LogP contribution is -2.46. The van der Waals surface area contributed by atoms with Crippen molar-refractivity contribution < 1.29 is 14.7 Å². The molecule has 0 bridgehead atoms. The molecule has 106 valence electrons. The minimum atomic E-state index is -0.946. The number of carbonyl (C=O) groups is 2. The molecule has 1 aromatic heterocycles. The molecule has 0 spiro atoms. The van der Waals surface area contributed by atoms with Crippen molar-refractivity contribution in [3.63, 3.8) is 0 Å². The number of aromatic nitrogens is 2. The number of carboxylic acids is 1. The highest BCUT2D eigenvalue weighted by Gasteiger charge is 2.28. The number of urea groups is 1. The van der Waals surface area contributed by atoms with Gasteiger partial charge in [-0.2, -0.15) is 5.10 Å². The molecule has 1 aromatic rings.